The molecule has 2 aromatic carbocycles. The number of fused-ring (bicyclic) bond motifs is 1. The van der Waals surface area contributed by atoms with Crippen LogP contribution in [0, 0.1) is 6.92 Å². The minimum Gasteiger partial charge on any atom is -0.333 e. The summed E-state index contributed by atoms with van der Waals surface area (Å²) in [6.45, 7) is 6.68. The molecule has 31 heavy (non-hydrogen) atoms. The number of halogens is 1. The van der Waals surface area contributed by atoms with Gasteiger partial charge >= 0.3 is 0 Å². The zero-order chi connectivity index (χ0) is 22.4. The van der Waals surface area contributed by atoms with Gasteiger partial charge in [0.1, 0.15) is 5.82 Å². The molecule has 0 aliphatic heterocycles. The number of carbonyl (C=O) groups excluding carboxylic acids is 1. The Kier molecular flexibility index (Phi) is 7.85. The Hall–Kier alpha value is -2.66. The highest BCUT2D eigenvalue weighted by Crippen LogP contribution is 2.24. The number of aryl methyl sites for hydroxylation is 1. The van der Waals surface area contributed by atoms with Gasteiger partial charge in [-0.1, -0.05) is 43.2 Å². The van der Waals surface area contributed by atoms with E-state index in [1.807, 2.05) is 61.2 Å². The number of rotatable bonds is 9. The van der Waals surface area contributed by atoms with Gasteiger partial charge < -0.3 is 4.90 Å². The van der Waals surface area contributed by atoms with Crippen molar-refractivity contribution in [3.63, 3.8) is 0 Å². The fourth-order valence-corrected chi connectivity index (χ4v) is 3.87. The molecule has 1 heterocycles. The summed E-state index contributed by atoms with van der Waals surface area (Å²) in [5.41, 5.74) is 2.38. The number of alkyl halides is 1. The summed E-state index contributed by atoms with van der Waals surface area (Å²) in [6.07, 6.45) is 2.88. The summed E-state index contributed by atoms with van der Waals surface area (Å²) in [5, 5.41) is 0.563. The van der Waals surface area contributed by atoms with Crippen LogP contribution >= 0.6 is 11.6 Å². The van der Waals surface area contributed by atoms with Gasteiger partial charge in [-0.15, -0.1) is 11.6 Å². The normalized spacial score (nSPS) is 12.1. The number of benzene rings is 2. The van der Waals surface area contributed by atoms with Crippen LogP contribution in [-0.2, 0) is 4.79 Å². The summed E-state index contributed by atoms with van der Waals surface area (Å²) in [7, 11) is 0. The molecule has 0 spiro atoms. The molecule has 0 saturated heterocycles. The van der Waals surface area contributed by atoms with E-state index in [1.165, 1.54) is 0 Å². The molecule has 1 unspecified atom stereocenters. The number of aromatic nitrogens is 2. The third kappa shape index (κ3) is 5.16. The third-order valence-electron chi connectivity index (χ3n) is 5.53. The predicted molar refractivity (Wildman–Crippen MR) is 127 cm³/mol. The molecule has 1 amide bonds. The molecule has 0 fully saturated rings. The van der Waals surface area contributed by atoms with E-state index in [0.717, 1.165) is 24.1 Å². The molecular formula is C25H30ClN3O2. The first kappa shape index (κ1) is 23.0. The lowest BCUT2D eigenvalue weighted by atomic mass is 10.1. The van der Waals surface area contributed by atoms with E-state index in [1.54, 1.807) is 10.6 Å². The zero-order valence-corrected chi connectivity index (χ0v) is 19.2. The largest absolute Gasteiger partial charge is 0.333 e. The molecule has 1 aromatic heterocycles. The van der Waals surface area contributed by atoms with Crippen molar-refractivity contribution in [1.82, 2.24) is 14.5 Å². The molecule has 1 atom stereocenters. The molecule has 0 N–H and O–H groups in total. The first-order valence-corrected chi connectivity index (χ1v) is 11.5. The number of carbonyl (C=O) groups is 1. The fraction of sp³-hybridized carbons (Fsp3) is 0.400. The van der Waals surface area contributed by atoms with Crippen LogP contribution in [0.1, 0.15) is 57.0 Å². The molecule has 0 bridgehead atoms. The van der Waals surface area contributed by atoms with E-state index in [-0.39, 0.29) is 17.5 Å². The summed E-state index contributed by atoms with van der Waals surface area (Å²) in [6, 6.07) is 14.8. The van der Waals surface area contributed by atoms with Gasteiger partial charge in [0.2, 0.25) is 5.91 Å². The minimum absolute atomic E-state index is 0.0412. The summed E-state index contributed by atoms with van der Waals surface area (Å²) in [5.74, 6) is 1.06. The van der Waals surface area contributed by atoms with Gasteiger partial charge in [0.15, 0.2) is 0 Å². The van der Waals surface area contributed by atoms with Gasteiger partial charge in [-0.05, 0) is 51.0 Å². The van der Waals surface area contributed by atoms with Crippen molar-refractivity contribution in [1.29, 1.82) is 0 Å². The first-order chi connectivity index (χ1) is 15.0. The van der Waals surface area contributed by atoms with Gasteiger partial charge in [-0.25, -0.2) is 4.98 Å². The van der Waals surface area contributed by atoms with Crippen molar-refractivity contribution in [2.45, 2.75) is 52.5 Å². The van der Waals surface area contributed by atoms with Crippen molar-refractivity contribution in [2.75, 3.05) is 12.4 Å². The van der Waals surface area contributed by atoms with Crippen LogP contribution in [0.5, 0.6) is 0 Å². The Morgan fingerprint density at radius 1 is 1.13 bits per heavy atom. The van der Waals surface area contributed by atoms with Gasteiger partial charge in [0.05, 0.1) is 22.6 Å². The van der Waals surface area contributed by atoms with Gasteiger partial charge in [-0.3, -0.25) is 14.2 Å². The first-order valence-electron chi connectivity index (χ1n) is 10.9. The van der Waals surface area contributed by atoms with Crippen LogP contribution in [0.15, 0.2) is 53.3 Å². The molecule has 0 radical (unpaired) electrons. The second-order valence-electron chi connectivity index (χ2n) is 7.87. The Bertz CT molecular complexity index is 1090. The molecule has 3 rings (SSSR count). The van der Waals surface area contributed by atoms with Crippen molar-refractivity contribution < 1.29 is 4.79 Å². The van der Waals surface area contributed by atoms with Crippen LogP contribution in [0.3, 0.4) is 0 Å². The quantitative estimate of drug-likeness (QED) is 0.419. The molecule has 3 aromatic rings. The second-order valence-corrected chi connectivity index (χ2v) is 8.25. The van der Waals surface area contributed by atoms with Gasteiger partial charge in [0.25, 0.3) is 5.56 Å². The van der Waals surface area contributed by atoms with E-state index in [9.17, 15) is 9.59 Å². The average molecular weight is 440 g/mol. The van der Waals surface area contributed by atoms with Crippen LogP contribution in [0.4, 0.5) is 0 Å². The average Bonchev–Trinajstić information content (AvgIpc) is 2.78. The highest BCUT2D eigenvalue weighted by atomic mass is 35.5. The van der Waals surface area contributed by atoms with Gasteiger partial charge in [-0.2, -0.15) is 0 Å². The topological polar surface area (TPSA) is 55.2 Å². The SMILES string of the molecule is CCCCN(C(=O)CCCCl)C(C)c1nc2ccccc2c(=O)n1-c1ccc(C)cc1. The molecule has 0 saturated carbocycles. The van der Waals surface area contributed by atoms with Gasteiger partial charge in [0, 0.05) is 18.8 Å². The zero-order valence-electron chi connectivity index (χ0n) is 18.5. The second kappa shape index (κ2) is 10.6. The number of unbranched alkanes of at least 4 members (excludes halogenated alkanes) is 1. The number of amides is 1. The van der Waals surface area contributed by atoms with Crippen LogP contribution in [0.25, 0.3) is 16.6 Å². The predicted octanol–water partition coefficient (Wildman–Crippen LogP) is 5.40. The van der Waals surface area contributed by atoms with Crippen LogP contribution in [0.2, 0.25) is 0 Å². The third-order valence-corrected chi connectivity index (χ3v) is 5.80. The molecule has 164 valence electrons. The van der Waals surface area contributed by atoms with E-state index < -0.39 is 0 Å². The fourth-order valence-electron chi connectivity index (χ4n) is 3.74. The summed E-state index contributed by atoms with van der Waals surface area (Å²) < 4.78 is 1.65. The minimum atomic E-state index is -0.354. The van der Waals surface area contributed by atoms with E-state index in [0.29, 0.717) is 42.0 Å². The highest BCUT2D eigenvalue weighted by molar-refractivity contribution is 6.17. The lowest BCUT2D eigenvalue weighted by molar-refractivity contribution is -0.133. The molecule has 0 aliphatic rings. The van der Waals surface area contributed by atoms with Crippen LogP contribution in [-0.4, -0.2) is 32.8 Å². The lowest BCUT2D eigenvalue weighted by Crippen LogP contribution is -2.38. The summed E-state index contributed by atoms with van der Waals surface area (Å²) in [4.78, 5) is 33.2. The van der Waals surface area contributed by atoms with Crippen molar-refractivity contribution in [3.05, 3.63) is 70.3 Å². The molecule has 0 aliphatic carbocycles. The van der Waals surface area contributed by atoms with Crippen LogP contribution < -0.4 is 5.56 Å². The Balaban J connectivity index is 2.17. The molecule has 5 nitrogen and oxygen atoms in total. The molecular weight excluding hydrogens is 410 g/mol. The summed E-state index contributed by atoms with van der Waals surface area (Å²) >= 11 is 5.83. The van der Waals surface area contributed by atoms with E-state index >= 15 is 0 Å². The smallest absolute Gasteiger partial charge is 0.266 e. The monoisotopic (exact) mass is 439 g/mol. The number of hydrogen-bond acceptors (Lipinski definition) is 3. The van der Waals surface area contributed by atoms with Crippen molar-refractivity contribution in [2.24, 2.45) is 0 Å². The maximum Gasteiger partial charge on any atom is 0.266 e. The van der Waals surface area contributed by atoms with E-state index in [4.69, 9.17) is 16.6 Å². The standard InChI is InChI=1S/C25H30ClN3O2/c1-4-5-17-28(23(30)11-8-16-26)19(3)24-27-22-10-7-6-9-21(22)25(31)29(24)20-14-12-18(2)13-15-20/h6-7,9-10,12-15,19H,4-5,8,11,16-17H2,1-3H3. The lowest BCUT2D eigenvalue weighted by Gasteiger charge is -2.30. The van der Waals surface area contributed by atoms with Crippen molar-refractivity contribution >= 4 is 28.4 Å². The number of nitrogens with zero attached hydrogens (tertiary/aromatic N) is 3. The Morgan fingerprint density at radius 2 is 1.84 bits per heavy atom. The Morgan fingerprint density at radius 3 is 2.52 bits per heavy atom. The number of para-hydroxylation sites is 1. The number of hydrogen-bond donors (Lipinski definition) is 0. The van der Waals surface area contributed by atoms with E-state index in [2.05, 4.69) is 6.92 Å². The van der Waals surface area contributed by atoms with Crippen molar-refractivity contribution in [3.8, 4) is 5.69 Å². The Labute approximate surface area is 188 Å². The molecule has 6 heteroatoms. The maximum atomic E-state index is 13.5. The highest BCUT2D eigenvalue weighted by Gasteiger charge is 2.26. The maximum absolute atomic E-state index is 13.5.